The normalized spacial score (nSPS) is 18.0. The summed E-state index contributed by atoms with van der Waals surface area (Å²) in [5.41, 5.74) is 1.74. The van der Waals surface area contributed by atoms with Crippen LogP contribution in [0.1, 0.15) is 0 Å². The number of anilines is 2. The smallest absolute Gasteiger partial charge is 0.225 e. The summed E-state index contributed by atoms with van der Waals surface area (Å²) in [6, 6.07) is 4.09. The number of hydrogen-bond acceptors (Lipinski definition) is 9. The molecule has 2 aliphatic heterocycles. The first kappa shape index (κ1) is 18.0. The molecule has 146 valence electrons. The Morgan fingerprint density at radius 1 is 0.893 bits per heavy atom. The molecule has 2 aliphatic rings. The molecule has 0 aliphatic carbocycles. The van der Waals surface area contributed by atoms with Crippen molar-refractivity contribution in [2.45, 2.75) is 0 Å². The largest absolute Gasteiger partial charge is 0.378 e. The zero-order chi connectivity index (χ0) is 18.9. The number of rotatable bonds is 3. The number of nitrogens with zero attached hydrogens (tertiary/aromatic N) is 6. The number of thiazole rings is 1. The van der Waals surface area contributed by atoms with E-state index in [9.17, 15) is 0 Å². The van der Waals surface area contributed by atoms with Crippen LogP contribution in [-0.4, -0.2) is 72.5 Å². The van der Waals surface area contributed by atoms with Gasteiger partial charge in [-0.2, -0.15) is 4.98 Å². The average Bonchev–Trinajstić information content (AvgIpc) is 3.18. The molecule has 0 radical (unpaired) electrons. The summed E-state index contributed by atoms with van der Waals surface area (Å²) in [6.45, 7) is 6.10. The van der Waals surface area contributed by atoms with E-state index >= 15 is 0 Å². The number of pyridine rings is 1. The maximum absolute atomic E-state index is 6.18. The zero-order valence-electron chi connectivity index (χ0n) is 15.2. The molecule has 10 heteroatoms. The van der Waals surface area contributed by atoms with Gasteiger partial charge in [-0.05, 0) is 23.7 Å². The minimum atomic E-state index is 0.241. The Kier molecular flexibility index (Phi) is 4.98. The van der Waals surface area contributed by atoms with Crippen molar-refractivity contribution >= 4 is 44.9 Å². The summed E-state index contributed by atoms with van der Waals surface area (Å²) < 4.78 is 10.8. The van der Waals surface area contributed by atoms with Crippen LogP contribution in [0.2, 0.25) is 5.28 Å². The molecule has 0 spiro atoms. The van der Waals surface area contributed by atoms with Gasteiger partial charge < -0.3 is 19.3 Å². The molecule has 3 aromatic heterocycles. The molecule has 8 nitrogen and oxygen atoms in total. The van der Waals surface area contributed by atoms with Crippen LogP contribution in [0.25, 0.3) is 20.9 Å². The molecule has 5 heterocycles. The van der Waals surface area contributed by atoms with Gasteiger partial charge in [-0.25, -0.2) is 15.0 Å². The van der Waals surface area contributed by atoms with Crippen LogP contribution in [0.15, 0.2) is 18.3 Å². The fourth-order valence-corrected chi connectivity index (χ4v) is 4.53. The molecule has 2 fully saturated rings. The summed E-state index contributed by atoms with van der Waals surface area (Å²) in [5, 5.41) is 1.10. The van der Waals surface area contributed by atoms with E-state index in [1.807, 2.05) is 12.3 Å². The van der Waals surface area contributed by atoms with Gasteiger partial charge in [-0.3, -0.25) is 0 Å². The van der Waals surface area contributed by atoms with Crippen molar-refractivity contribution in [3.63, 3.8) is 0 Å². The van der Waals surface area contributed by atoms with Gasteiger partial charge in [0.15, 0.2) is 10.6 Å². The first-order valence-electron chi connectivity index (χ1n) is 9.24. The second kappa shape index (κ2) is 7.75. The van der Waals surface area contributed by atoms with Crippen LogP contribution in [0.4, 0.5) is 11.6 Å². The maximum Gasteiger partial charge on any atom is 0.225 e. The lowest BCUT2D eigenvalue weighted by Gasteiger charge is -2.27. The van der Waals surface area contributed by atoms with Gasteiger partial charge in [-0.1, -0.05) is 11.3 Å². The van der Waals surface area contributed by atoms with Crippen molar-refractivity contribution in [3.8, 4) is 10.6 Å². The Bertz CT molecular complexity index is 970. The van der Waals surface area contributed by atoms with Crippen molar-refractivity contribution < 1.29 is 9.47 Å². The molecule has 0 saturated carbocycles. The van der Waals surface area contributed by atoms with E-state index in [4.69, 9.17) is 26.1 Å². The molecule has 0 bridgehead atoms. The number of morpholine rings is 2. The highest BCUT2D eigenvalue weighted by Gasteiger charge is 2.21. The highest BCUT2D eigenvalue weighted by molar-refractivity contribution is 7.21. The molecule has 0 unspecified atom stereocenters. The number of fused-ring (bicyclic) bond motifs is 1. The second-order valence-corrected chi connectivity index (χ2v) is 7.91. The molecule has 0 N–H and O–H groups in total. The van der Waals surface area contributed by atoms with E-state index in [1.165, 1.54) is 11.3 Å². The lowest BCUT2D eigenvalue weighted by molar-refractivity contribution is 0.122. The summed E-state index contributed by atoms with van der Waals surface area (Å²) in [5.74, 6) is 1.74. The Labute approximate surface area is 171 Å². The van der Waals surface area contributed by atoms with Gasteiger partial charge in [0.25, 0.3) is 0 Å². The maximum atomic E-state index is 6.18. The number of halogens is 1. The highest BCUT2D eigenvalue weighted by Crippen LogP contribution is 2.34. The Hall–Kier alpha value is -2.07. The third-order valence-corrected chi connectivity index (χ3v) is 6.02. The first-order valence-corrected chi connectivity index (χ1v) is 10.4. The highest BCUT2D eigenvalue weighted by atomic mass is 35.5. The quantitative estimate of drug-likeness (QED) is 0.600. The minimum Gasteiger partial charge on any atom is -0.378 e. The van der Waals surface area contributed by atoms with Gasteiger partial charge in [0.1, 0.15) is 16.3 Å². The van der Waals surface area contributed by atoms with Crippen molar-refractivity contribution in [2.24, 2.45) is 0 Å². The van der Waals surface area contributed by atoms with Gasteiger partial charge in [0, 0.05) is 37.9 Å². The van der Waals surface area contributed by atoms with E-state index in [1.54, 1.807) is 0 Å². The number of hydrogen-bond donors (Lipinski definition) is 0. The Morgan fingerprint density at radius 2 is 1.61 bits per heavy atom. The third-order valence-electron chi connectivity index (χ3n) is 4.85. The predicted molar refractivity (Wildman–Crippen MR) is 110 cm³/mol. The Morgan fingerprint density at radius 3 is 2.29 bits per heavy atom. The van der Waals surface area contributed by atoms with E-state index in [0.29, 0.717) is 13.2 Å². The first-order chi connectivity index (χ1) is 13.8. The lowest BCUT2D eigenvalue weighted by atomic mass is 10.3. The van der Waals surface area contributed by atoms with E-state index in [-0.39, 0.29) is 5.28 Å². The summed E-state index contributed by atoms with van der Waals surface area (Å²) in [6.07, 6.45) is 1.87. The van der Waals surface area contributed by atoms with Crippen LogP contribution in [0.3, 0.4) is 0 Å². The van der Waals surface area contributed by atoms with Crippen LogP contribution in [0, 0.1) is 0 Å². The van der Waals surface area contributed by atoms with Gasteiger partial charge in [0.2, 0.25) is 5.28 Å². The molecule has 0 atom stereocenters. The molecule has 3 aromatic rings. The Balaban J connectivity index is 1.47. The molecular weight excluding hydrogens is 400 g/mol. The second-order valence-electron chi connectivity index (χ2n) is 6.59. The molecule has 5 rings (SSSR count). The molecule has 2 saturated heterocycles. The average molecular weight is 419 g/mol. The molecule has 0 aromatic carbocycles. The fourth-order valence-electron chi connectivity index (χ4n) is 3.39. The van der Waals surface area contributed by atoms with E-state index in [2.05, 4.69) is 30.8 Å². The molecular formula is C18H19ClN6O2S. The topological polar surface area (TPSA) is 76.5 Å². The SMILES string of the molecule is Clc1nc(N2CCOCC2)c2nc(-c3ccc(N4CCOCC4)nc3)sc2n1. The monoisotopic (exact) mass is 418 g/mol. The summed E-state index contributed by atoms with van der Waals surface area (Å²) >= 11 is 7.68. The predicted octanol–water partition coefficient (Wildman–Crippen LogP) is 2.47. The number of ether oxygens (including phenoxy) is 2. The zero-order valence-corrected chi connectivity index (χ0v) is 16.7. The van der Waals surface area contributed by atoms with Crippen LogP contribution in [0.5, 0.6) is 0 Å². The van der Waals surface area contributed by atoms with Gasteiger partial charge in [0.05, 0.1) is 26.4 Å². The van der Waals surface area contributed by atoms with Crippen LogP contribution in [-0.2, 0) is 9.47 Å². The fraction of sp³-hybridized carbons (Fsp3) is 0.444. The number of aromatic nitrogens is 4. The van der Waals surface area contributed by atoms with Crippen LogP contribution < -0.4 is 9.80 Å². The standard InChI is InChI=1S/C18H19ClN6O2S/c19-18-22-15(25-5-9-27-10-6-25)14-17(23-18)28-16(21-14)12-1-2-13(20-11-12)24-3-7-26-8-4-24/h1-2,11H,3-10H2. The molecule has 28 heavy (non-hydrogen) atoms. The van der Waals surface area contributed by atoms with Crippen molar-refractivity contribution in [1.82, 2.24) is 19.9 Å². The van der Waals surface area contributed by atoms with Crippen LogP contribution >= 0.6 is 22.9 Å². The lowest BCUT2D eigenvalue weighted by Crippen LogP contribution is -2.37. The van der Waals surface area contributed by atoms with Gasteiger partial charge >= 0.3 is 0 Å². The summed E-state index contributed by atoms with van der Waals surface area (Å²) in [4.78, 5) is 23.4. The van der Waals surface area contributed by atoms with Crippen molar-refractivity contribution in [3.05, 3.63) is 23.6 Å². The van der Waals surface area contributed by atoms with E-state index in [0.717, 1.165) is 71.9 Å². The molecule has 0 amide bonds. The van der Waals surface area contributed by atoms with Crippen molar-refractivity contribution in [2.75, 3.05) is 62.4 Å². The summed E-state index contributed by atoms with van der Waals surface area (Å²) in [7, 11) is 0. The van der Waals surface area contributed by atoms with Gasteiger partial charge in [-0.15, -0.1) is 0 Å². The van der Waals surface area contributed by atoms with Crippen molar-refractivity contribution in [1.29, 1.82) is 0 Å². The third kappa shape index (κ3) is 3.50. The minimum absolute atomic E-state index is 0.241. The van der Waals surface area contributed by atoms with E-state index < -0.39 is 0 Å².